The van der Waals surface area contributed by atoms with Gasteiger partial charge < -0.3 is 18.9 Å². The molecular weight excluding hydrogens is 332 g/mol. The number of methoxy groups -OCH3 is 1. The minimum absolute atomic E-state index is 0.261. The van der Waals surface area contributed by atoms with Gasteiger partial charge >= 0.3 is 0 Å². The maximum atomic E-state index is 10.9. The van der Waals surface area contributed by atoms with Crippen LogP contribution in [0, 0.1) is 0 Å². The van der Waals surface area contributed by atoms with Crippen molar-refractivity contribution >= 4 is 17.9 Å². The van der Waals surface area contributed by atoms with Crippen LogP contribution in [0.4, 0.5) is 0 Å². The largest absolute Gasteiger partial charge is 0.493 e. The summed E-state index contributed by atoms with van der Waals surface area (Å²) in [5.41, 5.74) is 0.422. The van der Waals surface area contributed by atoms with E-state index in [2.05, 4.69) is 0 Å². The normalized spacial score (nSPS) is 10.1. The lowest BCUT2D eigenvalue weighted by Crippen LogP contribution is -2.10. The summed E-state index contributed by atoms with van der Waals surface area (Å²) in [5.74, 6) is 2.12. The summed E-state index contributed by atoms with van der Waals surface area (Å²) in [6.07, 6.45) is 0.700. The standard InChI is InChI=1S/C18H19ClO5/c1-3-22-15-6-4-5-7-16(15)23-8-9-24-18-14(19)10-13(12-20)11-17(18)21-2/h4-7,10-12H,3,8-9H2,1-2H3. The molecule has 0 fully saturated rings. The smallest absolute Gasteiger partial charge is 0.179 e. The summed E-state index contributed by atoms with van der Waals surface area (Å²) in [5, 5.41) is 0.311. The van der Waals surface area contributed by atoms with Crippen LogP contribution in [0.25, 0.3) is 0 Å². The van der Waals surface area contributed by atoms with Gasteiger partial charge in [-0.3, -0.25) is 4.79 Å². The maximum Gasteiger partial charge on any atom is 0.179 e. The zero-order chi connectivity index (χ0) is 17.4. The SMILES string of the molecule is CCOc1ccccc1OCCOc1c(Cl)cc(C=O)cc1OC. The van der Waals surface area contributed by atoms with E-state index >= 15 is 0 Å². The lowest BCUT2D eigenvalue weighted by atomic mass is 10.2. The Balaban J connectivity index is 1.97. The predicted octanol–water partition coefficient (Wildman–Crippen LogP) is 4.02. The molecule has 2 aromatic rings. The van der Waals surface area contributed by atoms with Crippen molar-refractivity contribution in [3.63, 3.8) is 0 Å². The molecular formula is C18H19ClO5. The quantitative estimate of drug-likeness (QED) is 0.505. The fourth-order valence-electron chi connectivity index (χ4n) is 2.09. The molecule has 128 valence electrons. The van der Waals surface area contributed by atoms with Crippen molar-refractivity contribution in [2.24, 2.45) is 0 Å². The highest BCUT2D eigenvalue weighted by molar-refractivity contribution is 6.32. The van der Waals surface area contributed by atoms with Crippen molar-refractivity contribution in [3.8, 4) is 23.0 Å². The molecule has 0 spiro atoms. The van der Waals surface area contributed by atoms with E-state index in [9.17, 15) is 4.79 Å². The van der Waals surface area contributed by atoms with E-state index in [0.717, 1.165) is 0 Å². The van der Waals surface area contributed by atoms with E-state index in [4.69, 9.17) is 30.5 Å². The summed E-state index contributed by atoms with van der Waals surface area (Å²) < 4.78 is 22.0. The number of carbonyl (C=O) groups is 1. The molecule has 0 bridgehead atoms. The van der Waals surface area contributed by atoms with Crippen molar-refractivity contribution in [3.05, 3.63) is 47.0 Å². The number of benzene rings is 2. The number of halogens is 1. The summed E-state index contributed by atoms with van der Waals surface area (Å²) >= 11 is 6.13. The molecule has 0 unspecified atom stereocenters. The van der Waals surface area contributed by atoms with E-state index in [1.165, 1.54) is 13.2 Å². The highest BCUT2D eigenvalue weighted by Crippen LogP contribution is 2.36. The molecule has 0 heterocycles. The molecule has 0 saturated carbocycles. The van der Waals surface area contributed by atoms with Gasteiger partial charge in [0.1, 0.15) is 19.5 Å². The first-order chi connectivity index (χ1) is 11.7. The van der Waals surface area contributed by atoms with E-state index in [1.54, 1.807) is 6.07 Å². The Labute approximate surface area is 146 Å². The van der Waals surface area contributed by atoms with Gasteiger partial charge in [-0.15, -0.1) is 0 Å². The topological polar surface area (TPSA) is 54.0 Å². The molecule has 6 heteroatoms. The van der Waals surface area contributed by atoms with Crippen molar-refractivity contribution < 1.29 is 23.7 Å². The zero-order valence-electron chi connectivity index (χ0n) is 13.6. The zero-order valence-corrected chi connectivity index (χ0v) is 14.3. The monoisotopic (exact) mass is 350 g/mol. The number of hydrogen-bond donors (Lipinski definition) is 0. The van der Waals surface area contributed by atoms with E-state index < -0.39 is 0 Å². The number of rotatable bonds is 9. The minimum Gasteiger partial charge on any atom is -0.493 e. The van der Waals surface area contributed by atoms with Gasteiger partial charge in [-0.05, 0) is 31.2 Å². The van der Waals surface area contributed by atoms with E-state index in [0.29, 0.717) is 53.1 Å². The molecule has 2 rings (SSSR count). The third-order valence-electron chi connectivity index (χ3n) is 3.12. The van der Waals surface area contributed by atoms with Crippen molar-refractivity contribution in [2.45, 2.75) is 6.92 Å². The highest BCUT2D eigenvalue weighted by Gasteiger charge is 2.12. The molecule has 0 amide bonds. The van der Waals surface area contributed by atoms with E-state index in [-0.39, 0.29) is 6.61 Å². The fraction of sp³-hybridized carbons (Fsp3) is 0.278. The first-order valence-electron chi connectivity index (χ1n) is 7.49. The molecule has 0 aliphatic carbocycles. The van der Waals surface area contributed by atoms with Gasteiger partial charge in [0.15, 0.2) is 23.0 Å². The summed E-state index contributed by atoms with van der Waals surface area (Å²) in [4.78, 5) is 10.9. The van der Waals surface area contributed by atoms with Crippen molar-refractivity contribution in [1.82, 2.24) is 0 Å². The third kappa shape index (κ3) is 4.55. The number of ether oxygens (including phenoxy) is 4. The Bertz CT molecular complexity index is 687. The second-order valence-corrected chi connectivity index (χ2v) is 5.14. The van der Waals surface area contributed by atoms with E-state index in [1.807, 2.05) is 31.2 Å². The van der Waals surface area contributed by atoms with Crippen LogP contribution in [-0.2, 0) is 0 Å². The number of hydrogen-bond acceptors (Lipinski definition) is 5. The van der Waals surface area contributed by atoms with Gasteiger partial charge in [0.25, 0.3) is 0 Å². The molecule has 0 N–H and O–H groups in total. The van der Waals surface area contributed by atoms with Gasteiger partial charge in [0, 0.05) is 5.56 Å². The minimum atomic E-state index is 0.261. The summed E-state index contributed by atoms with van der Waals surface area (Å²) in [6, 6.07) is 10.5. The van der Waals surface area contributed by atoms with Crippen LogP contribution < -0.4 is 18.9 Å². The van der Waals surface area contributed by atoms with Gasteiger partial charge in [-0.1, -0.05) is 23.7 Å². The molecule has 0 aliphatic heterocycles. The molecule has 5 nitrogen and oxygen atoms in total. The van der Waals surface area contributed by atoms with Crippen LogP contribution in [0.3, 0.4) is 0 Å². The Hall–Kier alpha value is -2.40. The third-order valence-corrected chi connectivity index (χ3v) is 3.40. The summed E-state index contributed by atoms with van der Waals surface area (Å²) in [7, 11) is 1.49. The lowest BCUT2D eigenvalue weighted by Gasteiger charge is -2.14. The Morgan fingerprint density at radius 1 is 1.00 bits per heavy atom. The van der Waals surface area contributed by atoms with Gasteiger partial charge in [-0.25, -0.2) is 0 Å². The first kappa shape index (κ1) is 17.9. The second-order valence-electron chi connectivity index (χ2n) is 4.73. The molecule has 0 saturated heterocycles. The van der Waals surface area contributed by atoms with Gasteiger partial charge in [-0.2, -0.15) is 0 Å². The van der Waals surface area contributed by atoms with Crippen LogP contribution >= 0.6 is 11.6 Å². The maximum absolute atomic E-state index is 10.9. The molecule has 0 radical (unpaired) electrons. The predicted molar refractivity (Wildman–Crippen MR) is 92.0 cm³/mol. The lowest BCUT2D eigenvalue weighted by molar-refractivity contribution is 0.112. The Morgan fingerprint density at radius 3 is 2.29 bits per heavy atom. The second kappa shape index (κ2) is 9.03. The number of para-hydroxylation sites is 2. The van der Waals surface area contributed by atoms with Crippen LogP contribution in [0.1, 0.15) is 17.3 Å². The molecule has 0 atom stereocenters. The summed E-state index contributed by atoms with van der Waals surface area (Å²) in [6.45, 7) is 3.04. The van der Waals surface area contributed by atoms with Crippen LogP contribution in [0.15, 0.2) is 36.4 Å². The Kier molecular flexibility index (Phi) is 6.75. The number of carbonyl (C=O) groups excluding carboxylic acids is 1. The van der Waals surface area contributed by atoms with Gasteiger partial charge in [0.2, 0.25) is 0 Å². The van der Waals surface area contributed by atoms with Crippen LogP contribution in [0.2, 0.25) is 5.02 Å². The van der Waals surface area contributed by atoms with Gasteiger partial charge in [0.05, 0.1) is 18.7 Å². The average molecular weight is 351 g/mol. The van der Waals surface area contributed by atoms with Crippen molar-refractivity contribution in [2.75, 3.05) is 26.9 Å². The van der Waals surface area contributed by atoms with Crippen LogP contribution in [0.5, 0.6) is 23.0 Å². The Morgan fingerprint density at radius 2 is 1.67 bits per heavy atom. The average Bonchev–Trinajstić information content (AvgIpc) is 2.60. The first-order valence-corrected chi connectivity index (χ1v) is 7.87. The highest BCUT2D eigenvalue weighted by atomic mass is 35.5. The fourth-order valence-corrected chi connectivity index (χ4v) is 2.36. The van der Waals surface area contributed by atoms with Crippen molar-refractivity contribution in [1.29, 1.82) is 0 Å². The molecule has 0 aliphatic rings. The molecule has 2 aromatic carbocycles. The molecule has 24 heavy (non-hydrogen) atoms. The van der Waals surface area contributed by atoms with Crippen LogP contribution in [-0.4, -0.2) is 33.2 Å². The number of aldehydes is 1. The molecule has 0 aromatic heterocycles.